The highest BCUT2D eigenvalue weighted by atomic mass is 35.5. The molecular weight excluding hydrogens is 188 g/mol. The Kier molecular flexibility index (Phi) is 5.72. The molecule has 0 aliphatic carbocycles. The van der Waals surface area contributed by atoms with Gasteiger partial charge in [0.1, 0.15) is 0 Å². The fourth-order valence-electron chi connectivity index (χ4n) is 0.675. The molecule has 0 rings (SSSR count). The van der Waals surface area contributed by atoms with Crippen LogP contribution in [0.5, 0.6) is 0 Å². The van der Waals surface area contributed by atoms with Crippen molar-refractivity contribution in [3.05, 3.63) is 35.6 Å². The van der Waals surface area contributed by atoms with Crippen molar-refractivity contribution in [3.63, 3.8) is 0 Å². The fourth-order valence-corrected chi connectivity index (χ4v) is 0.983. The summed E-state index contributed by atoms with van der Waals surface area (Å²) in [6, 6.07) is 0. The number of alkyl halides is 1. The molecule has 4 N–H and O–H groups in total. The van der Waals surface area contributed by atoms with Gasteiger partial charge in [0.2, 0.25) is 5.91 Å². The summed E-state index contributed by atoms with van der Waals surface area (Å²) in [5, 5.41) is 0. The molecule has 0 atom stereocenters. The van der Waals surface area contributed by atoms with Crippen molar-refractivity contribution in [1.82, 2.24) is 0 Å². The number of carbonyl (C=O) groups excluding carboxylic acids is 1. The van der Waals surface area contributed by atoms with Gasteiger partial charge in [-0.25, -0.2) is 0 Å². The highest BCUT2D eigenvalue weighted by molar-refractivity contribution is 6.19. The zero-order valence-corrected chi connectivity index (χ0v) is 8.21. The van der Waals surface area contributed by atoms with E-state index < -0.39 is 5.91 Å². The zero-order chi connectivity index (χ0) is 10.3. The van der Waals surface area contributed by atoms with E-state index in [1.807, 2.05) is 13.0 Å². The Morgan fingerprint density at radius 1 is 1.46 bits per heavy atom. The van der Waals surface area contributed by atoms with Crippen molar-refractivity contribution in [2.75, 3.05) is 5.88 Å². The van der Waals surface area contributed by atoms with Crippen LogP contribution in [0.4, 0.5) is 0 Å². The van der Waals surface area contributed by atoms with Crippen molar-refractivity contribution in [2.24, 2.45) is 11.5 Å². The normalized spacial score (nSPS) is 13.7. The van der Waals surface area contributed by atoms with Gasteiger partial charge in [0.05, 0.1) is 0 Å². The Balaban J connectivity index is 4.40. The van der Waals surface area contributed by atoms with E-state index in [9.17, 15) is 4.79 Å². The molecule has 4 heteroatoms. The van der Waals surface area contributed by atoms with Crippen molar-refractivity contribution in [3.8, 4) is 0 Å². The van der Waals surface area contributed by atoms with Gasteiger partial charge in [-0.15, -0.1) is 11.6 Å². The molecule has 0 aromatic rings. The van der Waals surface area contributed by atoms with Crippen molar-refractivity contribution in [2.45, 2.75) is 6.92 Å². The highest BCUT2D eigenvalue weighted by Crippen LogP contribution is 2.05. The lowest BCUT2D eigenvalue weighted by Gasteiger charge is -2.00. The molecule has 0 aromatic carbocycles. The number of hydrogen-bond donors (Lipinski definition) is 2. The largest absolute Gasteiger partial charge is 0.398 e. The molecule has 0 unspecified atom stereocenters. The van der Waals surface area contributed by atoms with Crippen LogP contribution in [-0.2, 0) is 4.79 Å². The molecule has 0 aliphatic heterocycles. The van der Waals surface area contributed by atoms with Crippen LogP contribution in [0.3, 0.4) is 0 Å². The molecule has 0 saturated heterocycles. The van der Waals surface area contributed by atoms with Gasteiger partial charge in [-0.05, 0) is 18.6 Å². The zero-order valence-electron chi connectivity index (χ0n) is 7.46. The summed E-state index contributed by atoms with van der Waals surface area (Å²) in [7, 11) is 0. The second kappa shape index (κ2) is 6.31. The van der Waals surface area contributed by atoms with E-state index in [4.69, 9.17) is 23.1 Å². The lowest BCUT2D eigenvalue weighted by Crippen LogP contribution is -2.05. The van der Waals surface area contributed by atoms with E-state index in [1.165, 1.54) is 12.2 Å². The minimum absolute atomic E-state index is 0.350. The topological polar surface area (TPSA) is 69.1 Å². The highest BCUT2D eigenvalue weighted by Gasteiger charge is 1.95. The molecule has 0 bridgehead atoms. The van der Waals surface area contributed by atoms with Crippen LogP contribution < -0.4 is 11.5 Å². The first-order chi connectivity index (χ1) is 6.11. The third-order valence-corrected chi connectivity index (χ3v) is 1.69. The first kappa shape index (κ1) is 11.8. The summed E-state index contributed by atoms with van der Waals surface area (Å²) < 4.78 is 0. The summed E-state index contributed by atoms with van der Waals surface area (Å²) >= 11 is 5.60. The van der Waals surface area contributed by atoms with Crippen molar-refractivity contribution >= 4 is 17.5 Å². The summed E-state index contributed by atoms with van der Waals surface area (Å²) in [5.74, 6) is -0.152. The summed E-state index contributed by atoms with van der Waals surface area (Å²) in [6.45, 7) is 1.84. The van der Waals surface area contributed by atoms with Crippen molar-refractivity contribution < 1.29 is 4.79 Å². The molecule has 1 amide bonds. The Morgan fingerprint density at radius 3 is 2.46 bits per heavy atom. The molecule has 3 nitrogen and oxygen atoms in total. The third kappa shape index (κ3) is 5.09. The Labute approximate surface area is 82.7 Å². The smallest absolute Gasteiger partial charge is 0.241 e. The molecule has 72 valence electrons. The lowest BCUT2D eigenvalue weighted by molar-refractivity contribution is -0.113. The van der Waals surface area contributed by atoms with Gasteiger partial charge in [-0.1, -0.05) is 12.2 Å². The van der Waals surface area contributed by atoms with Crippen LogP contribution in [0, 0.1) is 0 Å². The van der Waals surface area contributed by atoms with Gasteiger partial charge in [0.15, 0.2) is 0 Å². The van der Waals surface area contributed by atoms with Gasteiger partial charge in [-0.3, -0.25) is 4.79 Å². The average molecular weight is 201 g/mol. The predicted molar refractivity (Wildman–Crippen MR) is 55.1 cm³/mol. The number of carbonyl (C=O) groups is 1. The lowest BCUT2D eigenvalue weighted by atomic mass is 10.2. The van der Waals surface area contributed by atoms with Gasteiger partial charge in [0.25, 0.3) is 0 Å². The van der Waals surface area contributed by atoms with Gasteiger partial charge in [0, 0.05) is 17.7 Å². The minimum atomic E-state index is -0.503. The van der Waals surface area contributed by atoms with Crippen LogP contribution in [0.15, 0.2) is 35.6 Å². The van der Waals surface area contributed by atoms with E-state index in [0.717, 1.165) is 5.57 Å². The second-order valence-electron chi connectivity index (χ2n) is 2.33. The SMILES string of the molecule is C\C=C(CCl)/C(N)=C\C=C\C(N)=O. The van der Waals surface area contributed by atoms with Crippen LogP contribution >= 0.6 is 11.6 Å². The second-order valence-corrected chi connectivity index (χ2v) is 2.60. The standard InChI is InChI=1S/C9H13ClN2O/c1-2-7(6-10)8(11)4-3-5-9(12)13/h2-5H,6,11H2,1H3,(H2,12,13)/b5-3+,7-2-,8-4+. The van der Waals surface area contributed by atoms with Crippen LogP contribution in [0.25, 0.3) is 0 Å². The van der Waals surface area contributed by atoms with E-state index in [-0.39, 0.29) is 0 Å². The molecule has 0 aliphatic rings. The molecule has 0 saturated carbocycles. The first-order valence-corrected chi connectivity index (χ1v) is 4.30. The summed E-state index contributed by atoms with van der Waals surface area (Å²) in [4.78, 5) is 10.3. The number of halogens is 1. The number of rotatable bonds is 4. The maximum absolute atomic E-state index is 10.3. The van der Waals surface area contributed by atoms with E-state index >= 15 is 0 Å². The molecular formula is C9H13ClN2O. The first-order valence-electron chi connectivity index (χ1n) is 3.76. The maximum atomic E-state index is 10.3. The van der Waals surface area contributed by atoms with Crippen LogP contribution in [0.2, 0.25) is 0 Å². The van der Waals surface area contributed by atoms with Crippen LogP contribution in [-0.4, -0.2) is 11.8 Å². The van der Waals surface area contributed by atoms with Crippen molar-refractivity contribution in [1.29, 1.82) is 0 Å². The molecule has 0 aromatic heterocycles. The van der Waals surface area contributed by atoms with E-state index in [1.54, 1.807) is 6.08 Å². The average Bonchev–Trinajstić information content (AvgIpc) is 2.05. The molecule has 0 spiro atoms. The molecule has 0 fully saturated rings. The Hall–Kier alpha value is -1.22. The third-order valence-electron chi connectivity index (χ3n) is 1.40. The van der Waals surface area contributed by atoms with Gasteiger partial charge >= 0.3 is 0 Å². The van der Waals surface area contributed by atoms with E-state index in [2.05, 4.69) is 0 Å². The monoisotopic (exact) mass is 200 g/mol. The maximum Gasteiger partial charge on any atom is 0.241 e. The number of primary amides is 1. The number of hydrogen-bond acceptors (Lipinski definition) is 2. The predicted octanol–water partition coefficient (Wildman–Crippen LogP) is 1.06. The summed E-state index contributed by atoms with van der Waals surface area (Å²) in [6.07, 6.45) is 6.13. The van der Waals surface area contributed by atoms with Crippen LogP contribution in [0.1, 0.15) is 6.92 Å². The fraction of sp³-hybridized carbons (Fsp3) is 0.222. The number of amides is 1. The summed E-state index contributed by atoms with van der Waals surface area (Å²) in [5.41, 5.74) is 11.9. The molecule has 0 radical (unpaired) electrons. The Morgan fingerprint density at radius 2 is 2.08 bits per heavy atom. The minimum Gasteiger partial charge on any atom is -0.398 e. The molecule has 13 heavy (non-hydrogen) atoms. The Bertz CT molecular complexity index is 267. The van der Waals surface area contributed by atoms with Gasteiger partial charge in [-0.2, -0.15) is 0 Å². The molecule has 0 heterocycles. The van der Waals surface area contributed by atoms with E-state index in [0.29, 0.717) is 11.6 Å². The number of allylic oxidation sites excluding steroid dienone is 4. The van der Waals surface area contributed by atoms with Gasteiger partial charge < -0.3 is 11.5 Å². The number of nitrogens with two attached hydrogens (primary N) is 2. The quantitative estimate of drug-likeness (QED) is 0.405.